The van der Waals surface area contributed by atoms with Crippen molar-refractivity contribution in [3.05, 3.63) is 34.9 Å². The SMILES string of the molecule is CCCCNC(=O)C(c1cccc(C)c1C)N(CC#N)C(=O)C(CS)NC(=O)OC(C)(C)C. The van der Waals surface area contributed by atoms with E-state index in [9.17, 15) is 19.6 Å². The van der Waals surface area contributed by atoms with Crippen molar-refractivity contribution < 1.29 is 19.1 Å². The van der Waals surface area contributed by atoms with Crippen LogP contribution in [0.15, 0.2) is 18.2 Å². The Labute approximate surface area is 202 Å². The number of nitrogens with one attached hydrogen (secondary N) is 2. The molecule has 0 aliphatic heterocycles. The van der Waals surface area contributed by atoms with Crippen LogP contribution in [-0.2, 0) is 14.3 Å². The van der Waals surface area contributed by atoms with Crippen LogP contribution in [0.4, 0.5) is 4.79 Å². The molecule has 0 saturated carbocycles. The maximum atomic E-state index is 13.5. The van der Waals surface area contributed by atoms with Crippen LogP contribution in [-0.4, -0.2) is 53.3 Å². The lowest BCUT2D eigenvalue weighted by Gasteiger charge is -2.33. The number of thiol groups is 1. The Morgan fingerprint density at radius 2 is 1.91 bits per heavy atom. The zero-order valence-corrected chi connectivity index (χ0v) is 21.3. The minimum atomic E-state index is -1.08. The summed E-state index contributed by atoms with van der Waals surface area (Å²) in [5.41, 5.74) is 1.69. The molecular formula is C24H36N4O4S. The van der Waals surface area contributed by atoms with Crippen molar-refractivity contribution in [1.82, 2.24) is 15.5 Å². The molecule has 0 saturated heterocycles. The van der Waals surface area contributed by atoms with E-state index in [2.05, 4.69) is 23.3 Å². The van der Waals surface area contributed by atoms with E-state index in [4.69, 9.17) is 4.74 Å². The number of hydrogen-bond acceptors (Lipinski definition) is 6. The largest absolute Gasteiger partial charge is 0.444 e. The molecule has 0 spiro atoms. The lowest BCUT2D eigenvalue weighted by atomic mass is 9.95. The van der Waals surface area contributed by atoms with Crippen LogP contribution in [0.3, 0.4) is 0 Å². The third kappa shape index (κ3) is 8.61. The molecule has 3 amide bonds. The highest BCUT2D eigenvalue weighted by Crippen LogP contribution is 2.27. The van der Waals surface area contributed by atoms with Crippen molar-refractivity contribution in [3.63, 3.8) is 0 Å². The standard InChI is InChI=1S/C24H36N4O4S/c1-7-8-13-26-21(29)20(18-11-9-10-16(2)17(18)3)28(14-12-25)22(30)19(15-33)27-23(31)32-24(4,5)6/h9-11,19-20,33H,7-8,13-15H2,1-6H3,(H,26,29)(H,27,31). The molecule has 9 heteroatoms. The molecule has 1 rings (SSSR count). The van der Waals surface area contributed by atoms with Gasteiger partial charge < -0.3 is 20.3 Å². The summed E-state index contributed by atoms with van der Waals surface area (Å²) in [6.45, 7) is 11.1. The van der Waals surface area contributed by atoms with Gasteiger partial charge in [0.1, 0.15) is 24.2 Å². The maximum Gasteiger partial charge on any atom is 0.408 e. The second-order valence-corrected chi connectivity index (χ2v) is 9.21. The van der Waals surface area contributed by atoms with E-state index in [0.29, 0.717) is 12.1 Å². The molecule has 33 heavy (non-hydrogen) atoms. The first-order chi connectivity index (χ1) is 15.5. The molecular weight excluding hydrogens is 440 g/mol. The smallest absolute Gasteiger partial charge is 0.408 e. The summed E-state index contributed by atoms with van der Waals surface area (Å²) < 4.78 is 5.25. The summed E-state index contributed by atoms with van der Waals surface area (Å²) in [6.07, 6.45) is 0.913. The molecule has 0 aromatic heterocycles. The monoisotopic (exact) mass is 476 g/mol. The quantitative estimate of drug-likeness (QED) is 0.272. The third-order valence-corrected chi connectivity index (χ3v) is 5.39. The number of ether oxygens (including phenoxy) is 1. The highest BCUT2D eigenvalue weighted by Gasteiger charge is 2.36. The summed E-state index contributed by atoms with van der Waals surface area (Å²) >= 11 is 4.22. The number of benzene rings is 1. The molecule has 2 N–H and O–H groups in total. The third-order valence-electron chi connectivity index (χ3n) is 5.03. The van der Waals surface area contributed by atoms with Crippen LogP contribution in [0.2, 0.25) is 0 Å². The van der Waals surface area contributed by atoms with Gasteiger partial charge in [-0.2, -0.15) is 17.9 Å². The Bertz CT molecular complexity index is 876. The molecule has 2 atom stereocenters. The van der Waals surface area contributed by atoms with Crippen LogP contribution < -0.4 is 10.6 Å². The van der Waals surface area contributed by atoms with Crippen molar-refractivity contribution >= 4 is 30.5 Å². The first-order valence-electron chi connectivity index (χ1n) is 11.1. The van der Waals surface area contributed by atoms with E-state index in [0.717, 1.165) is 24.0 Å². The van der Waals surface area contributed by atoms with Gasteiger partial charge in [0.25, 0.3) is 0 Å². The zero-order valence-electron chi connectivity index (χ0n) is 20.4. The maximum absolute atomic E-state index is 13.5. The molecule has 0 fully saturated rings. The van der Waals surface area contributed by atoms with Crippen molar-refractivity contribution in [2.45, 2.75) is 72.1 Å². The molecule has 1 aromatic carbocycles. The second kappa shape index (κ2) is 13.1. The first kappa shape index (κ1) is 28.3. The minimum absolute atomic E-state index is 0.0308. The number of rotatable bonds is 10. The number of amides is 3. The molecule has 0 heterocycles. The van der Waals surface area contributed by atoms with E-state index >= 15 is 0 Å². The van der Waals surface area contributed by atoms with E-state index in [1.54, 1.807) is 26.8 Å². The summed E-state index contributed by atoms with van der Waals surface area (Å²) in [4.78, 5) is 40.2. The van der Waals surface area contributed by atoms with E-state index in [1.165, 1.54) is 4.90 Å². The van der Waals surface area contributed by atoms with Gasteiger partial charge in [-0.25, -0.2) is 4.79 Å². The summed E-state index contributed by atoms with van der Waals surface area (Å²) in [6, 6.07) is 5.39. The van der Waals surface area contributed by atoms with Crippen molar-refractivity contribution in [3.8, 4) is 6.07 Å². The van der Waals surface area contributed by atoms with Gasteiger partial charge in [-0.15, -0.1) is 0 Å². The fourth-order valence-electron chi connectivity index (χ4n) is 3.21. The Morgan fingerprint density at radius 1 is 1.24 bits per heavy atom. The topological polar surface area (TPSA) is 112 Å². The molecule has 182 valence electrons. The van der Waals surface area contributed by atoms with Gasteiger partial charge in [-0.05, 0) is 57.7 Å². The lowest BCUT2D eigenvalue weighted by molar-refractivity contribution is -0.141. The number of nitriles is 1. The fraction of sp³-hybridized carbons (Fsp3) is 0.583. The van der Waals surface area contributed by atoms with Crippen LogP contribution >= 0.6 is 12.6 Å². The molecule has 0 bridgehead atoms. The molecule has 0 radical (unpaired) electrons. The predicted molar refractivity (Wildman–Crippen MR) is 131 cm³/mol. The number of aryl methyl sites for hydroxylation is 1. The van der Waals surface area contributed by atoms with Crippen molar-refractivity contribution in [1.29, 1.82) is 5.26 Å². The number of unbranched alkanes of at least 4 members (excludes halogenated alkanes) is 1. The lowest BCUT2D eigenvalue weighted by Crippen LogP contribution is -2.54. The van der Waals surface area contributed by atoms with Gasteiger partial charge in [0, 0.05) is 12.3 Å². The number of carbonyl (C=O) groups excluding carboxylic acids is 3. The number of carbonyl (C=O) groups is 3. The number of hydrogen-bond donors (Lipinski definition) is 3. The summed E-state index contributed by atoms with van der Waals surface area (Å²) in [5, 5.41) is 14.9. The van der Waals surface area contributed by atoms with Gasteiger partial charge in [-0.1, -0.05) is 31.5 Å². The van der Waals surface area contributed by atoms with Gasteiger partial charge in [0.05, 0.1) is 6.07 Å². The zero-order chi connectivity index (χ0) is 25.2. The second-order valence-electron chi connectivity index (χ2n) is 8.84. The first-order valence-corrected chi connectivity index (χ1v) is 11.7. The van der Waals surface area contributed by atoms with Crippen LogP contribution in [0, 0.1) is 25.2 Å². The van der Waals surface area contributed by atoms with Crippen molar-refractivity contribution in [2.24, 2.45) is 0 Å². The minimum Gasteiger partial charge on any atom is -0.444 e. The predicted octanol–water partition coefficient (Wildman–Crippen LogP) is 3.44. The molecule has 2 unspecified atom stereocenters. The average molecular weight is 477 g/mol. The van der Waals surface area contributed by atoms with Gasteiger partial charge >= 0.3 is 6.09 Å². The summed E-state index contributed by atoms with van der Waals surface area (Å²) in [5.74, 6) is -0.998. The Balaban J connectivity index is 3.37. The van der Waals surface area contributed by atoms with Crippen molar-refractivity contribution in [2.75, 3.05) is 18.8 Å². The Hall–Kier alpha value is -2.73. The van der Waals surface area contributed by atoms with E-state index in [-0.39, 0.29) is 18.2 Å². The Kier molecular flexibility index (Phi) is 11.2. The van der Waals surface area contributed by atoms with Gasteiger partial charge in [0.2, 0.25) is 11.8 Å². The van der Waals surface area contributed by atoms with Crippen LogP contribution in [0.5, 0.6) is 0 Å². The highest BCUT2D eigenvalue weighted by molar-refractivity contribution is 7.80. The van der Waals surface area contributed by atoms with Gasteiger partial charge in [-0.3, -0.25) is 9.59 Å². The number of nitrogens with zero attached hydrogens (tertiary/aromatic N) is 2. The molecule has 1 aromatic rings. The normalized spacial score (nSPS) is 12.8. The molecule has 0 aliphatic carbocycles. The Morgan fingerprint density at radius 3 is 2.45 bits per heavy atom. The summed E-state index contributed by atoms with van der Waals surface area (Å²) in [7, 11) is 0. The van der Waals surface area contributed by atoms with Crippen LogP contribution in [0.1, 0.15) is 63.3 Å². The number of alkyl carbamates (subject to hydrolysis) is 1. The van der Waals surface area contributed by atoms with E-state index < -0.39 is 29.7 Å². The van der Waals surface area contributed by atoms with Gasteiger partial charge in [0.15, 0.2) is 0 Å². The fourth-order valence-corrected chi connectivity index (χ4v) is 3.46. The molecule has 8 nitrogen and oxygen atoms in total. The average Bonchev–Trinajstić information content (AvgIpc) is 2.73. The highest BCUT2D eigenvalue weighted by atomic mass is 32.1. The van der Waals surface area contributed by atoms with Crippen LogP contribution in [0.25, 0.3) is 0 Å². The van der Waals surface area contributed by atoms with E-state index in [1.807, 2.05) is 39.0 Å². The molecule has 0 aliphatic rings.